The molecule has 0 radical (unpaired) electrons. The predicted molar refractivity (Wildman–Crippen MR) is 74.9 cm³/mol. The number of hydrogen-bond acceptors (Lipinski definition) is 4. The average Bonchev–Trinajstić information content (AvgIpc) is 2.49. The van der Waals surface area contributed by atoms with Crippen molar-refractivity contribution in [2.45, 2.75) is 25.9 Å². The molecule has 120 valence electrons. The van der Waals surface area contributed by atoms with Gasteiger partial charge in [0.1, 0.15) is 6.61 Å². The van der Waals surface area contributed by atoms with E-state index in [0.29, 0.717) is 32.5 Å². The second-order valence-electron chi connectivity index (χ2n) is 4.96. The summed E-state index contributed by atoms with van der Waals surface area (Å²) in [6.45, 7) is 3.12. The third-order valence-corrected chi connectivity index (χ3v) is 3.46. The number of hydrogen-bond donors (Lipinski definition) is 2. The summed E-state index contributed by atoms with van der Waals surface area (Å²) in [5.74, 6) is -1.13. The quantitative estimate of drug-likeness (QED) is 0.704. The molecule has 0 saturated carbocycles. The highest BCUT2D eigenvalue weighted by atomic mass is 16.5. The average molecular weight is 301 g/mol. The van der Waals surface area contributed by atoms with Crippen molar-refractivity contribution in [3.8, 4) is 0 Å². The van der Waals surface area contributed by atoms with Gasteiger partial charge in [-0.15, -0.1) is 0 Å². The Labute approximate surface area is 124 Å². The van der Waals surface area contributed by atoms with Gasteiger partial charge in [0.2, 0.25) is 5.91 Å². The number of carbonyl (C=O) groups is 3. The summed E-state index contributed by atoms with van der Waals surface area (Å²) in [7, 11) is 1.68. The van der Waals surface area contributed by atoms with Crippen LogP contribution in [-0.4, -0.2) is 78.8 Å². The van der Waals surface area contributed by atoms with Crippen LogP contribution in [0.1, 0.15) is 19.8 Å². The van der Waals surface area contributed by atoms with E-state index in [0.717, 1.165) is 0 Å². The molecule has 0 aromatic carbocycles. The van der Waals surface area contributed by atoms with E-state index in [9.17, 15) is 14.4 Å². The standard InChI is InChI=1S/C13H23N3O5/c1-3-15(2)11(17)8-14-13(20)16-6-4-10(5-7-16)21-9-12(18)19/h10H,3-9H2,1-2H3,(H,14,20)(H,18,19). The van der Waals surface area contributed by atoms with Gasteiger partial charge in [-0.05, 0) is 19.8 Å². The molecule has 2 N–H and O–H groups in total. The zero-order valence-electron chi connectivity index (χ0n) is 12.5. The summed E-state index contributed by atoms with van der Waals surface area (Å²) < 4.78 is 5.20. The Morgan fingerprint density at radius 3 is 2.48 bits per heavy atom. The van der Waals surface area contributed by atoms with E-state index in [-0.39, 0.29) is 31.2 Å². The van der Waals surface area contributed by atoms with Gasteiger partial charge < -0.3 is 25.0 Å². The van der Waals surface area contributed by atoms with Crippen molar-refractivity contribution in [2.24, 2.45) is 0 Å². The SMILES string of the molecule is CCN(C)C(=O)CNC(=O)N1CCC(OCC(=O)O)CC1. The first-order chi connectivity index (χ1) is 9.93. The summed E-state index contributed by atoms with van der Waals surface area (Å²) in [6.07, 6.45) is 1.07. The van der Waals surface area contributed by atoms with E-state index >= 15 is 0 Å². The monoisotopic (exact) mass is 301 g/mol. The van der Waals surface area contributed by atoms with Crippen LogP contribution in [0.3, 0.4) is 0 Å². The van der Waals surface area contributed by atoms with Crippen LogP contribution in [0.25, 0.3) is 0 Å². The summed E-state index contributed by atoms with van der Waals surface area (Å²) in [6, 6.07) is -0.274. The molecule has 21 heavy (non-hydrogen) atoms. The van der Waals surface area contributed by atoms with Crippen molar-refractivity contribution in [2.75, 3.05) is 39.8 Å². The molecule has 1 rings (SSSR count). The fourth-order valence-corrected chi connectivity index (χ4v) is 1.99. The topological polar surface area (TPSA) is 99.2 Å². The van der Waals surface area contributed by atoms with Crippen molar-refractivity contribution in [3.05, 3.63) is 0 Å². The Morgan fingerprint density at radius 2 is 1.95 bits per heavy atom. The molecule has 8 nitrogen and oxygen atoms in total. The summed E-state index contributed by atoms with van der Waals surface area (Å²) >= 11 is 0. The van der Waals surface area contributed by atoms with Gasteiger partial charge in [-0.2, -0.15) is 0 Å². The molecule has 0 atom stereocenters. The van der Waals surface area contributed by atoms with Crippen molar-refractivity contribution < 1.29 is 24.2 Å². The number of likely N-dealkylation sites (tertiary alicyclic amines) is 1. The minimum atomic E-state index is -0.992. The number of likely N-dealkylation sites (N-methyl/N-ethyl adjacent to an activating group) is 1. The predicted octanol–water partition coefficient (Wildman–Crippen LogP) is -0.260. The van der Waals surface area contributed by atoms with Gasteiger partial charge in [0.25, 0.3) is 0 Å². The summed E-state index contributed by atoms with van der Waals surface area (Å²) in [5, 5.41) is 11.1. The molecule has 0 aliphatic carbocycles. The van der Waals surface area contributed by atoms with Gasteiger partial charge in [0.05, 0.1) is 12.6 Å². The van der Waals surface area contributed by atoms with Crippen molar-refractivity contribution in [1.82, 2.24) is 15.1 Å². The highest BCUT2D eigenvalue weighted by Crippen LogP contribution is 2.13. The minimum absolute atomic E-state index is 0.0153. The first kappa shape index (κ1) is 17.2. The van der Waals surface area contributed by atoms with Crippen molar-refractivity contribution in [3.63, 3.8) is 0 Å². The van der Waals surface area contributed by atoms with Crippen LogP contribution in [0, 0.1) is 0 Å². The lowest BCUT2D eigenvalue weighted by Gasteiger charge is -2.31. The lowest BCUT2D eigenvalue weighted by atomic mass is 10.1. The van der Waals surface area contributed by atoms with E-state index < -0.39 is 5.97 Å². The van der Waals surface area contributed by atoms with Crippen LogP contribution in [0.5, 0.6) is 0 Å². The van der Waals surface area contributed by atoms with Crippen LogP contribution < -0.4 is 5.32 Å². The zero-order valence-corrected chi connectivity index (χ0v) is 12.5. The maximum Gasteiger partial charge on any atom is 0.329 e. The van der Waals surface area contributed by atoms with E-state index in [2.05, 4.69) is 5.32 Å². The van der Waals surface area contributed by atoms with Gasteiger partial charge in [0.15, 0.2) is 0 Å². The second-order valence-corrected chi connectivity index (χ2v) is 4.96. The number of urea groups is 1. The Balaban J connectivity index is 2.25. The van der Waals surface area contributed by atoms with Gasteiger partial charge in [0, 0.05) is 26.7 Å². The highest BCUT2D eigenvalue weighted by molar-refractivity contribution is 5.83. The van der Waals surface area contributed by atoms with E-state index in [1.165, 1.54) is 4.90 Å². The normalized spacial score (nSPS) is 15.6. The number of aliphatic carboxylic acids is 1. The summed E-state index contributed by atoms with van der Waals surface area (Å²) in [5.41, 5.74) is 0. The third-order valence-electron chi connectivity index (χ3n) is 3.46. The lowest BCUT2D eigenvalue weighted by molar-refractivity contribution is -0.145. The number of ether oxygens (including phenoxy) is 1. The van der Waals surface area contributed by atoms with Crippen molar-refractivity contribution in [1.29, 1.82) is 0 Å². The van der Waals surface area contributed by atoms with E-state index in [1.54, 1.807) is 11.9 Å². The maximum absolute atomic E-state index is 11.9. The Kier molecular flexibility index (Phi) is 6.93. The number of piperidine rings is 1. The number of nitrogens with one attached hydrogen (secondary N) is 1. The lowest BCUT2D eigenvalue weighted by Crippen LogP contribution is -2.48. The number of carboxylic acids is 1. The van der Waals surface area contributed by atoms with Crippen LogP contribution in [-0.2, 0) is 14.3 Å². The van der Waals surface area contributed by atoms with Crippen LogP contribution in [0.2, 0.25) is 0 Å². The second kappa shape index (κ2) is 8.46. The van der Waals surface area contributed by atoms with Crippen LogP contribution in [0.15, 0.2) is 0 Å². The first-order valence-electron chi connectivity index (χ1n) is 7.04. The van der Waals surface area contributed by atoms with Crippen LogP contribution >= 0.6 is 0 Å². The number of rotatable bonds is 6. The first-order valence-corrected chi connectivity index (χ1v) is 7.04. The molecule has 0 unspecified atom stereocenters. The molecular weight excluding hydrogens is 278 g/mol. The highest BCUT2D eigenvalue weighted by Gasteiger charge is 2.24. The van der Waals surface area contributed by atoms with Gasteiger partial charge in [-0.25, -0.2) is 9.59 Å². The van der Waals surface area contributed by atoms with Gasteiger partial charge in [-0.3, -0.25) is 4.79 Å². The number of carboxylic acid groups (broad SMARTS) is 1. The molecule has 1 saturated heterocycles. The van der Waals surface area contributed by atoms with Crippen molar-refractivity contribution >= 4 is 17.9 Å². The molecule has 0 bridgehead atoms. The fourth-order valence-electron chi connectivity index (χ4n) is 1.99. The molecule has 1 heterocycles. The van der Waals surface area contributed by atoms with E-state index in [1.807, 2.05) is 6.92 Å². The maximum atomic E-state index is 11.9. The van der Waals surface area contributed by atoms with Gasteiger partial charge in [-0.1, -0.05) is 0 Å². The molecule has 0 aromatic rings. The Bertz CT molecular complexity index is 380. The third kappa shape index (κ3) is 5.99. The molecule has 0 spiro atoms. The molecule has 8 heteroatoms. The smallest absolute Gasteiger partial charge is 0.329 e. The minimum Gasteiger partial charge on any atom is -0.480 e. The summed E-state index contributed by atoms with van der Waals surface area (Å²) in [4.78, 5) is 37.0. The molecule has 1 aliphatic heterocycles. The fraction of sp³-hybridized carbons (Fsp3) is 0.769. The number of carbonyl (C=O) groups excluding carboxylic acids is 2. The molecule has 1 fully saturated rings. The molecule has 3 amide bonds. The Hall–Kier alpha value is -1.83. The number of amides is 3. The number of nitrogens with zero attached hydrogens (tertiary/aromatic N) is 2. The van der Waals surface area contributed by atoms with Gasteiger partial charge >= 0.3 is 12.0 Å². The molecule has 1 aliphatic rings. The van der Waals surface area contributed by atoms with Crippen LogP contribution in [0.4, 0.5) is 4.79 Å². The molecular formula is C13H23N3O5. The van der Waals surface area contributed by atoms with E-state index in [4.69, 9.17) is 9.84 Å². The Morgan fingerprint density at radius 1 is 1.33 bits per heavy atom. The molecule has 0 aromatic heterocycles. The zero-order chi connectivity index (χ0) is 15.8. The largest absolute Gasteiger partial charge is 0.480 e.